The predicted molar refractivity (Wildman–Crippen MR) is 122 cm³/mol. The minimum Gasteiger partial charge on any atom is -0.334 e. The van der Waals surface area contributed by atoms with Gasteiger partial charge in [0, 0.05) is 34.4 Å². The smallest absolute Gasteiger partial charge is 0.261 e. The van der Waals surface area contributed by atoms with Crippen molar-refractivity contribution in [3.63, 3.8) is 0 Å². The molecule has 0 unspecified atom stereocenters. The van der Waals surface area contributed by atoms with E-state index in [0.717, 1.165) is 0 Å². The number of nitrogens with one attached hydrogen (secondary N) is 2. The second kappa shape index (κ2) is 8.81. The number of nitrogens with zero attached hydrogens (tertiary/aromatic N) is 2. The third-order valence-electron chi connectivity index (χ3n) is 4.38. The van der Waals surface area contributed by atoms with E-state index in [1.807, 2.05) is 0 Å². The highest BCUT2D eigenvalue weighted by atomic mass is 35.5. The summed E-state index contributed by atoms with van der Waals surface area (Å²) < 4.78 is 32.9. The molecule has 0 saturated heterocycles. The van der Waals surface area contributed by atoms with Gasteiger partial charge in [-0.3, -0.25) is 9.52 Å². The summed E-state index contributed by atoms with van der Waals surface area (Å²) >= 11 is 5.81. The molecule has 2 N–H and O–H groups in total. The number of hydrogen-bond acceptors (Lipinski definition) is 6. The van der Waals surface area contributed by atoms with Gasteiger partial charge < -0.3 is 9.84 Å². The molecule has 4 aromatic rings. The van der Waals surface area contributed by atoms with E-state index in [0.29, 0.717) is 39.2 Å². The maximum absolute atomic E-state index is 12.5. The first-order valence-corrected chi connectivity index (χ1v) is 11.3. The molecule has 0 saturated carbocycles. The van der Waals surface area contributed by atoms with E-state index >= 15 is 0 Å². The number of anilines is 2. The zero-order chi connectivity index (χ0) is 22.7. The topological polar surface area (TPSA) is 114 Å². The molecule has 1 heterocycles. The van der Waals surface area contributed by atoms with Crippen molar-refractivity contribution in [2.24, 2.45) is 0 Å². The highest BCUT2D eigenvalue weighted by Gasteiger charge is 2.15. The molecule has 32 heavy (non-hydrogen) atoms. The first-order chi connectivity index (χ1) is 15.3. The van der Waals surface area contributed by atoms with Crippen LogP contribution in [0.4, 0.5) is 11.4 Å². The molecule has 3 aromatic carbocycles. The summed E-state index contributed by atoms with van der Waals surface area (Å²) in [5, 5.41) is 7.14. The average Bonchev–Trinajstić information content (AvgIpc) is 3.24. The van der Waals surface area contributed by atoms with Crippen molar-refractivity contribution in [3.8, 4) is 22.8 Å². The first-order valence-electron chi connectivity index (χ1n) is 9.41. The lowest BCUT2D eigenvalue weighted by Gasteiger charge is -2.08. The van der Waals surface area contributed by atoms with Crippen LogP contribution >= 0.6 is 11.6 Å². The SMILES string of the molecule is CC(=O)Nc1cccc(-c2nc(-c3ccc(NS(=O)(=O)c4ccc(Cl)cc4)cc3)no2)c1. The third-order valence-corrected chi connectivity index (χ3v) is 6.02. The normalized spacial score (nSPS) is 11.2. The number of carbonyl (C=O) groups is 1. The Morgan fingerprint density at radius 2 is 1.66 bits per heavy atom. The summed E-state index contributed by atoms with van der Waals surface area (Å²) in [6.07, 6.45) is 0. The molecule has 0 aliphatic heterocycles. The number of halogens is 1. The van der Waals surface area contributed by atoms with Crippen molar-refractivity contribution in [2.75, 3.05) is 10.0 Å². The average molecular weight is 469 g/mol. The van der Waals surface area contributed by atoms with Crippen LogP contribution < -0.4 is 10.0 Å². The molecule has 0 bridgehead atoms. The van der Waals surface area contributed by atoms with Gasteiger partial charge in [-0.15, -0.1) is 0 Å². The van der Waals surface area contributed by atoms with Crippen LogP contribution in [0.2, 0.25) is 5.02 Å². The Kier molecular flexibility index (Phi) is 5.93. The Hall–Kier alpha value is -3.69. The molecular formula is C22H17ClN4O4S. The van der Waals surface area contributed by atoms with Crippen LogP contribution in [0.15, 0.2) is 82.2 Å². The van der Waals surface area contributed by atoms with Crippen molar-refractivity contribution in [2.45, 2.75) is 11.8 Å². The predicted octanol–water partition coefficient (Wildman–Crippen LogP) is 4.82. The van der Waals surface area contributed by atoms with Gasteiger partial charge in [0.1, 0.15) is 0 Å². The zero-order valence-electron chi connectivity index (χ0n) is 16.7. The minimum absolute atomic E-state index is 0.107. The Morgan fingerprint density at radius 1 is 0.938 bits per heavy atom. The first kappa shape index (κ1) is 21.5. The number of aromatic nitrogens is 2. The maximum atomic E-state index is 12.5. The van der Waals surface area contributed by atoms with Crippen LogP contribution in [-0.2, 0) is 14.8 Å². The van der Waals surface area contributed by atoms with Crippen LogP contribution in [0.25, 0.3) is 22.8 Å². The molecule has 1 amide bonds. The monoisotopic (exact) mass is 468 g/mol. The molecule has 10 heteroatoms. The molecule has 0 aliphatic rings. The summed E-state index contributed by atoms with van der Waals surface area (Å²) in [4.78, 5) is 15.7. The lowest BCUT2D eigenvalue weighted by Crippen LogP contribution is -2.12. The highest BCUT2D eigenvalue weighted by Crippen LogP contribution is 2.26. The van der Waals surface area contributed by atoms with E-state index in [4.69, 9.17) is 16.1 Å². The number of rotatable bonds is 6. The molecule has 0 spiro atoms. The Labute approximate surface area is 189 Å². The molecule has 0 radical (unpaired) electrons. The molecular weight excluding hydrogens is 452 g/mol. The van der Waals surface area contributed by atoms with Crippen molar-refractivity contribution in [3.05, 3.63) is 77.8 Å². The Balaban J connectivity index is 1.51. The van der Waals surface area contributed by atoms with Gasteiger partial charge in [0.05, 0.1) is 4.90 Å². The minimum atomic E-state index is -3.74. The lowest BCUT2D eigenvalue weighted by molar-refractivity contribution is -0.114. The summed E-state index contributed by atoms with van der Waals surface area (Å²) in [6, 6.07) is 19.5. The number of carbonyl (C=O) groups excluding carboxylic acids is 1. The van der Waals surface area contributed by atoms with Crippen LogP contribution in [0.5, 0.6) is 0 Å². The molecule has 162 valence electrons. The fraction of sp³-hybridized carbons (Fsp3) is 0.0455. The maximum Gasteiger partial charge on any atom is 0.261 e. The molecule has 4 rings (SSSR count). The van der Waals surface area contributed by atoms with Crippen molar-refractivity contribution < 1.29 is 17.7 Å². The van der Waals surface area contributed by atoms with Gasteiger partial charge in [0.15, 0.2) is 0 Å². The molecule has 0 fully saturated rings. The number of benzene rings is 3. The van der Waals surface area contributed by atoms with Crippen LogP contribution in [0, 0.1) is 0 Å². The zero-order valence-corrected chi connectivity index (χ0v) is 18.3. The van der Waals surface area contributed by atoms with Gasteiger partial charge >= 0.3 is 0 Å². The van der Waals surface area contributed by atoms with Gasteiger partial charge in [-0.1, -0.05) is 22.8 Å². The van der Waals surface area contributed by atoms with Gasteiger partial charge in [0.2, 0.25) is 11.7 Å². The van der Waals surface area contributed by atoms with Crippen LogP contribution in [0.3, 0.4) is 0 Å². The van der Waals surface area contributed by atoms with E-state index in [1.165, 1.54) is 31.2 Å². The van der Waals surface area contributed by atoms with Crippen LogP contribution in [0.1, 0.15) is 6.92 Å². The van der Waals surface area contributed by atoms with Gasteiger partial charge in [-0.2, -0.15) is 4.98 Å². The lowest BCUT2D eigenvalue weighted by atomic mass is 10.2. The van der Waals surface area contributed by atoms with Crippen molar-refractivity contribution >= 4 is 38.9 Å². The number of sulfonamides is 1. The van der Waals surface area contributed by atoms with E-state index in [-0.39, 0.29) is 10.8 Å². The van der Waals surface area contributed by atoms with Crippen molar-refractivity contribution in [1.82, 2.24) is 10.1 Å². The van der Waals surface area contributed by atoms with Gasteiger partial charge in [-0.05, 0) is 66.7 Å². The van der Waals surface area contributed by atoms with E-state index < -0.39 is 10.0 Å². The third kappa shape index (κ3) is 4.96. The summed E-state index contributed by atoms with van der Waals surface area (Å²) in [5.41, 5.74) is 2.30. The van der Waals surface area contributed by atoms with E-state index in [2.05, 4.69) is 20.2 Å². The summed E-state index contributed by atoms with van der Waals surface area (Å²) in [5.74, 6) is 0.455. The largest absolute Gasteiger partial charge is 0.334 e. The second-order valence-corrected chi connectivity index (χ2v) is 8.94. The molecule has 1 aromatic heterocycles. The Morgan fingerprint density at radius 3 is 2.34 bits per heavy atom. The molecule has 0 aliphatic carbocycles. The van der Waals surface area contributed by atoms with E-state index in [1.54, 1.807) is 48.5 Å². The van der Waals surface area contributed by atoms with Crippen LogP contribution in [-0.4, -0.2) is 24.5 Å². The number of hydrogen-bond donors (Lipinski definition) is 2. The van der Waals surface area contributed by atoms with Crippen molar-refractivity contribution in [1.29, 1.82) is 0 Å². The standard InChI is InChI=1S/C22H17ClN4O4S/c1-14(28)24-19-4-2-3-16(13-19)22-25-21(26-31-22)15-5-9-18(10-6-15)27-32(29,30)20-11-7-17(23)8-12-20/h2-13,27H,1H3,(H,24,28). The molecule has 8 nitrogen and oxygen atoms in total. The Bertz CT molecular complexity index is 1370. The van der Waals surface area contributed by atoms with Gasteiger partial charge in [0.25, 0.3) is 15.9 Å². The second-order valence-electron chi connectivity index (χ2n) is 6.82. The number of amides is 1. The van der Waals surface area contributed by atoms with E-state index in [9.17, 15) is 13.2 Å². The fourth-order valence-corrected chi connectivity index (χ4v) is 4.09. The summed E-state index contributed by atoms with van der Waals surface area (Å²) in [6.45, 7) is 1.43. The molecule has 0 atom stereocenters. The summed E-state index contributed by atoms with van der Waals surface area (Å²) in [7, 11) is -3.74. The highest BCUT2D eigenvalue weighted by molar-refractivity contribution is 7.92. The quantitative estimate of drug-likeness (QED) is 0.419. The fourth-order valence-electron chi connectivity index (χ4n) is 2.91. The van der Waals surface area contributed by atoms with Gasteiger partial charge in [-0.25, -0.2) is 8.42 Å².